The van der Waals surface area contributed by atoms with E-state index in [1.54, 1.807) is 24.7 Å². The Balaban J connectivity index is 1.55. The first-order valence-corrected chi connectivity index (χ1v) is 12.3. The van der Waals surface area contributed by atoms with Crippen molar-refractivity contribution in [2.24, 2.45) is 0 Å². The molecule has 0 atom stereocenters. The van der Waals surface area contributed by atoms with Gasteiger partial charge >= 0.3 is 0 Å². The van der Waals surface area contributed by atoms with Gasteiger partial charge in [0.15, 0.2) is 0 Å². The molecule has 1 saturated heterocycles. The van der Waals surface area contributed by atoms with Gasteiger partial charge in [0.25, 0.3) is 0 Å². The number of hydrogen-bond donors (Lipinski definition) is 1. The summed E-state index contributed by atoms with van der Waals surface area (Å²) in [5.41, 5.74) is 3.08. The van der Waals surface area contributed by atoms with Crippen LogP contribution in [0.5, 0.6) is 0 Å². The van der Waals surface area contributed by atoms with Gasteiger partial charge in [-0.2, -0.15) is 0 Å². The van der Waals surface area contributed by atoms with Crippen molar-refractivity contribution in [3.05, 3.63) is 71.9 Å². The number of piperidine rings is 1. The summed E-state index contributed by atoms with van der Waals surface area (Å²) >= 11 is 6.05. The number of fused-ring (bicyclic) bond motifs is 1. The zero-order valence-corrected chi connectivity index (χ0v) is 21.5. The van der Waals surface area contributed by atoms with Crippen LogP contribution in [0.2, 0.25) is 5.02 Å². The fraction of sp³-hybridized carbons (Fsp3) is 0.321. The van der Waals surface area contributed by atoms with Gasteiger partial charge in [0, 0.05) is 39.8 Å². The van der Waals surface area contributed by atoms with E-state index in [9.17, 15) is 9.60 Å². The maximum absolute atomic E-state index is 13.8. The van der Waals surface area contributed by atoms with Crippen LogP contribution in [-0.4, -0.2) is 37.1 Å². The molecule has 2 aromatic heterocycles. The molecule has 1 aliphatic rings. The summed E-state index contributed by atoms with van der Waals surface area (Å²) < 4.78 is 13.8. The van der Waals surface area contributed by atoms with Gasteiger partial charge in [0.1, 0.15) is 18.0 Å². The van der Waals surface area contributed by atoms with Crippen LogP contribution >= 0.6 is 11.6 Å². The third kappa shape index (κ3) is 4.54. The predicted molar refractivity (Wildman–Crippen MR) is 141 cm³/mol. The fourth-order valence-corrected chi connectivity index (χ4v) is 5.59. The second-order valence-corrected chi connectivity index (χ2v) is 11.1. The topological polar surface area (TPSA) is 73.8 Å². The molecule has 2 aromatic carbocycles. The lowest BCUT2D eigenvalue weighted by molar-refractivity contribution is -0.288. The molecule has 6 nitrogen and oxygen atoms in total. The van der Waals surface area contributed by atoms with Gasteiger partial charge in [-0.15, -0.1) is 10.3 Å². The molecule has 5 rings (SSSR count). The lowest BCUT2D eigenvalue weighted by Gasteiger charge is -2.50. The highest BCUT2D eigenvalue weighted by molar-refractivity contribution is 6.31. The fourth-order valence-electron chi connectivity index (χ4n) is 5.41. The third-order valence-corrected chi connectivity index (χ3v) is 7.17. The molecule has 0 bridgehead atoms. The number of benzene rings is 2. The Morgan fingerprint density at radius 1 is 0.972 bits per heavy atom. The molecule has 0 spiro atoms. The van der Waals surface area contributed by atoms with Crippen molar-refractivity contribution in [3.8, 4) is 22.4 Å². The average molecular weight is 505 g/mol. The maximum atomic E-state index is 13.8. The minimum Gasteiger partial charge on any atom is -0.367 e. The number of nitrogens with zero attached hydrogens (tertiary/aromatic N) is 4. The molecule has 4 aromatic rings. The first-order valence-electron chi connectivity index (χ1n) is 11.9. The number of nitrogens with one attached hydrogen (secondary N) is 1. The van der Waals surface area contributed by atoms with Gasteiger partial charge in [0.2, 0.25) is 0 Å². The van der Waals surface area contributed by atoms with Crippen LogP contribution in [0.25, 0.3) is 33.3 Å². The zero-order valence-electron chi connectivity index (χ0n) is 20.7. The quantitative estimate of drug-likeness (QED) is 0.326. The second-order valence-electron chi connectivity index (χ2n) is 10.7. The van der Waals surface area contributed by atoms with Crippen molar-refractivity contribution in [3.63, 3.8) is 0 Å². The lowest BCUT2D eigenvalue weighted by atomic mass is 9.79. The molecule has 3 heterocycles. The van der Waals surface area contributed by atoms with Crippen LogP contribution in [-0.2, 0) is 5.21 Å². The smallest absolute Gasteiger partial charge is 0.141 e. The Morgan fingerprint density at radius 3 is 2.42 bits per heavy atom. The summed E-state index contributed by atoms with van der Waals surface area (Å²) in [7, 11) is 0. The van der Waals surface area contributed by atoms with Crippen LogP contribution in [0.3, 0.4) is 0 Å². The van der Waals surface area contributed by atoms with Crippen LogP contribution in [0, 0.1) is 5.82 Å². The summed E-state index contributed by atoms with van der Waals surface area (Å²) in [6, 6.07) is 14.5. The van der Waals surface area contributed by atoms with Crippen molar-refractivity contribution in [1.82, 2.24) is 20.0 Å². The van der Waals surface area contributed by atoms with Gasteiger partial charge < -0.3 is 5.32 Å². The summed E-state index contributed by atoms with van der Waals surface area (Å²) in [5, 5.41) is 18.6. The molecular weight excluding hydrogens is 477 g/mol. The highest BCUT2D eigenvalue weighted by Gasteiger charge is 2.46. The number of halogens is 2. The average Bonchev–Trinajstić information content (AvgIpc) is 2.84. The van der Waals surface area contributed by atoms with E-state index >= 15 is 0 Å². The third-order valence-electron chi connectivity index (χ3n) is 6.88. The molecule has 1 radical (unpaired) electrons. The van der Waals surface area contributed by atoms with E-state index in [0.29, 0.717) is 18.5 Å². The monoisotopic (exact) mass is 504 g/mol. The van der Waals surface area contributed by atoms with Crippen LogP contribution < -0.4 is 5.32 Å². The van der Waals surface area contributed by atoms with Crippen LogP contribution in [0.1, 0.15) is 40.5 Å². The van der Waals surface area contributed by atoms with Crippen LogP contribution in [0.15, 0.2) is 61.1 Å². The minimum absolute atomic E-state index is 0.0532. The standard InChI is InChI=1S/C28H28ClFN5O/c1-27(2)14-19(15-28(3,4)35(27)36)34-26-21-12-17(8-10-24(21)32-16-33-26)20-6-5-11-31-25(20)18-7-9-23(30)22(29)13-18/h5-13,16,19H,14-15H2,1-4H3,(H,32,33,34). The van der Waals surface area contributed by atoms with Crippen molar-refractivity contribution in [2.45, 2.75) is 57.7 Å². The first kappa shape index (κ1) is 24.6. The Kier molecular flexibility index (Phi) is 6.19. The molecule has 1 N–H and O–H groups in total. The first-order chi connectivity index (χ1) is 17.0. The summed E-state index contributed by atoms with van der Waals surface area (Å²) in [6.45, 7) is 7.93. The molecule has 0 saturated carbocycles. The largest absolute Gasteiger partial charge is 0.367 e. The Bertz CT molecular complexity index is 1420. The second kappa shape index (κ2) is 9.07. The van der Waals surface area contributed by atoms with Gasteiger partial charge in [-0.3, -0.25) is 4.98 Å². The minimum atomic E-state index is -0.492. The number of anilines is 1. The number of aromatic nitrogens is 3. The molecule has 0 unspecified atom stereocenters. The summed E-state index contributed by atoms with van der Waals surface area (Å²) in [5.74, 6) is 0.263. The van der Waals surface area contributed by atoms with Gasteiger partial charge in [-0.1, -0.05) is 23.7 Å². The molecular formula is C28H28ClFN5O. The van der Waals surface area contributed by atoms with Crippen molar-refractivity contribution >= 4 is 28.3 Å². The maximum Gasteiger partial charge on any atom is 0.141 e. The van der Waals surface area contributed by atoms with Gasteiger partial charge in [-0.25, -0.2) is 14.4 Å². The highest BCUT2D eigenvalue weighted by Crippen LogP contribution is 2.39. The van der Waals surface area contributed by atoms with Gasteiger partial charge in [0.05, 0.1) is 16.2 Å². The van der Waals surface area contributed by atoms with Crippen molar-refractivity contribution in [1.29, 1.82) is 0 Å². The van der Waals surface area contributed by atoms with E-state index in [0.717, 1.165) is 33.4 Å². The predicted octanol–water partition coefficient (Wildman–Crippen LogP) is 6.93. The van der Waals surface area contributed by atoms with Gasteiger partial charge in [-0.05, 0) is 82.5 Å². The van der Waals surface area contributed by atoms with E-state index in [4.69, 9.17) is 11.6 Å². The molecule has 0 aliphatic carbocycles. The Labute approximate surface area is 215 Å². The summed E-state index contributed by atoms with van der Waals surface area (Å²) in [4.78, 5) is 13.6. The zero-order chi connectivity index (χ0) is 25.7. The van der Waals surface area contributed by atoms with E-state index in [2.05, 4.69) is 20.3 Å². The molecule has 1 fully saturated rings. The molecule has 0 amide bonds. The number of hydroxylamine groups is 2. The molecule has 1 aliphatic heterocycles. The lowest BCUT2D eigenvalue weighted by Crippen LogP contribution is -2.60. The Hall–Kier alpha value is -3.13. The molecule has 8 heteroatoms. The number of hydrogen-bond acceptors (Lipinski definition) is 5. The van der Waals surface area contributed by atoms with Crippen molar-refractivity contribution in [2.75, 3.05) is 5.32 Å². The van der Waals surface area contributed by atoms with Crippen LogP contribution in [0.4, 0.5) is 10.2 Å². The van der Waals surface area contributed by atoms with E-state index in [1.807, 2.05) is 58.0 Å². The van der Waals surface area contributed by atoms with E-state index < -0.39 is 16.9 Å². The van der Waals surface area contributed by atoms with E-state index in [1.165, 1.54) is 11.1 Å². The van der Waals surface area contributed by atoms with Crippen molar-refractivity contribution < 1.29 is 9.60 Å². The number of rotatable bonds is 4. The highest BCUT2D eigenvalue weighted by atomic mass is 35.5. The normalized spacial score (nSPS) is 17.9. The molecule has 36 heavy (non-hydrogen) atoms. The van der Waals surface area contributed by atoms with E-state index in [-0.39, 0.29) is 11.1 Å². The summed E-state index contributed by atoms with van der Waals surface area (Å²) in [6.07, 6.45) is 4.66. The molecule has 185 valence electrons. The Morgan fingerprint density at radius 2 is 1.69 bits per heavy atom. The SMILES string of the molecule is CC1(C)CC(Nc2ncnc3ccc(-c4cccnc4-c4ccc(F)c(Cl)c4)cc23)CC(C)(C)N1[O]. The number of pyridine rings is 1.